The molecule has 1 aromatic heterocycles. The van der Waals surface area contributed by atoms with Crippen LogP contribution in [0.5, 0.6) is 6.01 Å². The normalized spacial score (nSPS) is 11.7. The predicted molar refractivity (Wildman–Crippen MR) is 73.2 cm³/mol. The molecule has 18 heavy (non-hydrogen) atoms. The molecule has 0 amide bonds. The van der Waals surface area contributed by atoms with Crippen LogP contribution in [0.15, 0.2) is 0 Å². The van der Waals surface area contributed by atoms with Crippen LogP contribution in [-0.4, -0.2) is 26.6 Å². The summed E-state index contributed by atoms with van der Waals surface area (Å²) in [7, 11) is 0. The van der Waals surface area contributed by atoms with Crippen LogP contribution in [0.4, 0.5) is 5.95 Å². The second kappa shape index (κ2) is 6.18. The van der Waals surface area contributed by atoms with E-state index in [-0.39, 0.29) is 22.9 Å². The molecule has 0 saturated carbocycles. The molecule has 0 aliphatic carbocycles. The molecule has 0 spiro atoms. The van der Waals surface area contributed by atoms with E-state index < -0.39 is 0 Å². The van der Waals surface area contributed by atoms with Gasteiger partial charge in [-0.3, -0.25) is 0 Å². The highest BCUT2D eigenvalue weighted by molar-refractivity contribution is 6.28. The van der Waals surface area contributed by atoms with E-state index in [9.17, 15) is 0 Å². The lowest BCUT2D eigenvalue weighted by Crippen LogP contribution is -2.34. The number of hydrogen-bond donors (Lipinski definition) is 1. The molecule has 0 atom stereocenters. The molecule has 0 bridgehead atoms. The highest BCUT2D eigenvalue weighted by Gasteiger charge is 2.21. The van der Waals surface area contributed by atoms with Gasteiger partial charge in [0.15, 0.2) is 0 Å². The Hall–Kier alpha value is -1.10. The summed E-state index contributed by atoms with van der Waals surface area (Å²) >= 11 is 5.87. The Bertz CT molecular complexity index is 394. The zero-order valence-electron chi connectivity index (χ0n) is 11.6. The number of nitrogens with one attached hydrogen (secondary N) is 1. The Labute approximate surface area is 113 Å². The molecule has 0 aliphatic rings. The molecule has 102 valence electrons. The summed E-state index contributed by atoms with van der Waals surface area (Å²) in [6, 6.07) is 0.252. The molecule has 0 saturated heterocycles. The first-order valence-corrected chi connectivity index (χ1v) is 6.62. The number of aromatic nitrogens is 3. The quantitative estimate of drug-likeness (QED) is 0.861. The SMILES string of the molecule is CCC(C)(CC)Nc1nc(Cl)nc(OC(C)C)n1. The summed E-state index contributed by atoms with van der Waals surface area (Å²) < 4.78 is 5.43. The Morgan fingerprint density at radius 3 is 2.33 bits per heavy atom. The molecule has 0 aliphatic heterocycles. The highest BCUT2D eigenvalue weighted by Crippen LogP contribution is 2.21. The average Bonchev–Trinajstić information content (AvgIpc) is 2.27. The van der Waals surface area contributed by atoms with E-state index in [4.69, 9.17) is 16.3 Å². The smallest absolute Gasteiger partial charge is 0.322 e. The van der Waals surface area contributed by atoms with Gasteiger partial charge in [-0.2, -0.15) is 15.0 Å². The summed E-state index contributed by atoms with van der Waals surface area (Å²) in [5.74, 6) is 0.455. The van der Waals surface area contributed by atoms with E-state index in [1.54, 1.807) is 0 Å². The maximum atomic E-state index is 5.87. The van der Waals surface area contributed by atoms with Crippen molar-refractivity contribution in [1.29, 1.82) is 0 Å². The second-order valence-corrected chi connectivity index (χ2v) is 5.11. The van der Waals surface area contributed by atoms with Crippen LogP contribution < -0.4 is 10.1 Å². The van der Waals surface area contributed by atoms with E-state index in [1.807, 2.05) is 13.8 Å². The third-order valence-corrected chi connectivity index (χ3v) is 3.07. The van der Waals surface area contributed by atoms with E-state index in [1.165, 1.54) is 0 Å². The lowest BCUT2D eigenvalue weighted by atomic mass is 9.96. The van der Waals surface area contributed by atoms with E-state index in [2.05, 4.69) is 41.0 Å². The minimum absolute atomic E-state index is 0.0000469. The third kappa shape index (κ3) is 4.29. The van der Waals surface area contributed by atoms with Gasteiger partial charge in [0.25, 0.3) is 0 Å². The summed E-state index contributed by atoms with van der Waals surface area (Å²) in [4.78, 5) is 12.2. The first-order valence-electron chi connectivity index (χ1n) is 6.25. The van der Waals surface area contributed by atoms with Crippen LogP contribution in [-0.2, 0) is 0 Å². The van der Waals surface area contributed by atoms with Gasteiger partial charge < -0.3 is 10.1 Å². The number of nitrogens with zero attached hydrogens (tertiary/aromatic N) is 3. The topological polar surface area (TPSA) is 59.9 Å². The fraction of sp³-hybridized carbons (Fsp3) is 0.750. The first kappa shape index (κ1) is 15.0. The van der Waals surface area contributed by atoms with Crippen LogP contribution in [0.2, 0.25) is 5.28 Å². The number of halogens is 1. The fourth-order valence-corrected chi connectivity index (χ4v) is 1.50. The molecule has 0 radical (unpaired) electrons. The van der Waals surface area contributed by atoms with Gasteiger partial charge in [-0.1, -0.05) is 13.8 Å². The van der Waals surface area contributed by atoms with Gasteiger partial charge in [0.2, 0.25) is 11.2 Å². The molecular weight excluding hydrogens is 252 g/mol. The lowest BCUT2D eigenvalue weighted by molar-refractivity contribution is 0.221. The molecule has 0 fully saturated rings. The van der Waals surface area contributed by atoms with Crippen molar-refractivity contribution in [3.05, 3.63) is 5.28 Å². The molecule has 1 rings (SSSR count). The third-order valence-electron chi connectivity index (χ3n) is 2.90. The van der Waals surface area contributed by atoms with Crippen molar-refractivity contribution in [2.24, 2.45) is 0 Å². The van der Waals surface area contributed by atoms with Crippen molar-refractivity contribution in [2.45, 2.75) is 59.1 Å². The summed E-state index contributed by atoms with van der Waals surface area (Å²) in [5.41, 5.74) is -0.0558. The standard InChI is InChI=1S/C12H21ClN4O/c1-6-12(5,7-2)17-10-14-9(13)15-11(16-10)18-8(3)4/h8H,6-7H2,1-5H3,(H,14,15,16,17). The summed E-state index contributed by atoms with van der Waals surface area (Å²) in [6.07, 6.45) is 1.93. The van der Waals surface area contributed by atoms with Gasteiger partial charge in [-0.05, 0) is 45.2 Å². The molecule has 1 aromatic rings. The van der Waals surface area contributed by atoms with Crippen LogP contribution in [0.25, 0.3) is 0 Å². The summed E-state index contributed by atoms with van der Waals surface area (Å²) in [5, 5.41) is 3.42. The van der Waals surface area contributed by atoms with Crippen molar-refractivity contribution in [1.82, 2.24) is 15.0 Å². The Morgan fingerprint density at radius 1 is 1.22 bits per heavy atom. The van der Waals surface area contributed by atoms with Crippen molar-refractivity contribution in [2.75, 3.05) is 5.32 Å². The van der Waals surface area contributed by atoms with Gasteiger partial charge in [0.1, 0.15) is 0 Å². The van der Waals surface area contributed by atoms with Crippen molar-refractivity contribution < 1.29 is 4.74 Å². The van der Waals surface area contributed by atoms with Gasteiger partial charge in [-0.25, -0.2) is 0 Å². The molecule has 6 heteroatoms. The maximum absolute atomic E-state index is 5.87. The first-order chi connectivity index (χ1) is 8.38. The molecule has 1 N–H and O–H groups in total. The zero-order chi connectivity index (χ0) is 13.8. The minimum atomic E-state index is -0.0558. The Kier molecular flexibility index (Phi) is 5.14. The van der Waals surface area contributed by atoms with E-state index in [0.29, 0.717) is 5.95 Å². The van der Waals surface area contributed by atoms with Crippen LogP contribution in [0, 0.1) is 0 Å². The monoisotopic (exact) mass is 272 g/mol. The van der Waals surface area contributed by atoms with Gasteiger partial charge in [0, 0.05) is 5.54 Å². The predicted octanol–water partition coefficient (Wildman–Crippen LogP) is 3.30. The molecule has 0 aromatic carbocycles. The lowest BCUT2D eigenvalue weighted by Gasteiger charge is -2.28. The van der Waals surface area contributed by atoms with E-state index in [0.717, 1.165) is 12.8 Å². The number of rotatable bonds is 6. The summed E-state index contributed by atoms with van der Waals surface area (Å²) in [6.45, 7) is 10.2. The van der Waals surface area contributed by atoms with Crippen LogP contribution in [0.1, 0.15) is 47.5 Å². The molecule has 0 unspecified atom stereocenters. The fourth-order valence-electron chi connectivity index (χ4n) is 1.35. The zero-order valence-corrected chi connectivity index (χ0v) is 12.4. The maximum Gasteiger partial charge on any atom is 0.322 e. The van der Waals surface area contributed by atoms with Crippen LogP contribution >= 0.6 is 11.6 Å². The number of ether oxygens (including phenoxy) is 1. The van der Waals surface area contributed by atoms with Crippen molar-refractivity contribution in [3.8, 4) is 6.01 Å². The van der Waals surface area contributed by atoms with Gasteiger partial charge in [0.05, 0.1) is 6.10 Å². The van der Waals surface area contributed by atoms with Crippen LogP contribution in [0.3, 0.4) is 0 Å². The highest BCUT2D eigenvalue weighted by atomic mass is 35.5. The van der Waals surface area contributed by atoms with Crippen molar-refractivity contribution >= 4 is 17.5 Å². The Morgan fingerprint density at radius 2 is 1.83 bits per heavy atom. The minimum Gasteiger partial charge on any atom is -0.461 e. The number of hydrogen-bond acceptors (Lipinski definition) is 5. The van der Waals surface area contributed by atoms with E-state index >= 15 is 0 Å². The molecular formula is C12H21ClN4O. The average molecular weight is 273 g/mol. The molecule has 5 nitrogen and oxygen atoms in total. The van der Waals surface area contributed by atoms with Gasteiger partial charge in [-0.15, -0.1) is 0 Å². The number of anilines is 1. The largest absolute Gasteiger partial charge is 0.461 e. The molecule has 1 heterocycles. The van der Waals surface area contributed by atoms with Crippen molar-refractivity contribution in [3.63, 3.8) is 0 Å². The Balaban J connectivity index is 2.92. The second-order valence-electron chi connectivity index (χ2n) is 4.77. The van der Waals surface area contributed by atoms with Gasteiger partial charge >= 0.3 is 6.01 Å².